The molecule has 4 rings (SSSR count). The number of ether oxygens (including phenoxy) is 1. The number of hydrogen-bond donors (Lipinski definition) is 0. The van der Waals surface area contributed by atoms with Gasteiger partial charge in [0.15, 0.2) is 0 Å². The lowest BCUT2D eigenvalue weighted by molar-refractivity contribution is 0.247. The van der Waals surface area contributed by atoms with Crippen molar-refractivity contribution in [2.75, 3.05) is 38.2 Å². The van der Waals surface area contributed by atoms with Crippen molar-refractivity contribution in [3.05, 3.63) is 70.6 Å². The number of nitrogens with zero attached hydrogens (tertiary/aromatic N) is 2. The van der Waals surface area contributed by atoms with Gasteiger partial charge in [0.05, 0.1) is 12.7 Å². The summed E-state index contributed by atoms with van der Waals surface area (Å²) in [4.78, 5) is 16.9. The van der Waals surface area contributed by atoms with Gasteiger partial charge in [0.2, 0.25) is 0 Å². The van der Waals surface area contributed by atoms with Crippen LogP contribution >= 0.6 is 0 Å². The van der Waals surface area contributed by atoms with Crippen LogP contribution in [0.1, 0.15) is 5.56 Å². The minimum absolute atomic E-state index is 0.237. The minimum atomic E-state index is -0.237. The van der Waals surface area contributed by atoms with E-state index in [1.807, 2.05) is 42.5 Å². The van der Waals surface area contributed by atoms with E-state index in [0.29, 0.717) is 12.1 Å². The highest BCUT2D eigenvalue weighted by Crippen LogP contribution is 2.22. The predicted molar refractivity (Wildman–Crippen MR) is 103 cm³/mol. The van der Waals surface area contributed by atoms with Crippen LogP contribution in [-0.2, 0) is 6.54 Å². The van der Waals surface area contributed by atoms with Gasteiger partial charge in [0, 0.05) is 49.9 Å². The molecule has 0 spiro atoms. The summed E-state index contributed by atoms with van der Waals surface area (Å²) in [5.74, 6) is 0.874. The van der Waals surface area contributed by atoms with E-state index >= 15 is 0 Å². The van der Waals surface area contributed by atoms with Gasteiger partial charge in [-0.2, -0.15) is 0 Å². The number of benzene rings is 2. The van der Waals surface area contributed by atoms with Crippen LogP contribution in [-0.4, -0.2) is 38.2 Å². The molecule has 26 heavy (non-hydrogen) atoms. The molecule has 1 aromatic heterocycles. The lowest BCUT2D eigenvalue weighted by Gasteiger charge is -2.36. The fraction of sp³-hybridized carbons (Fsp3) is 0.286. The maximum Gasteiger partial charge on any atom is 0.340 e. The number of para-hydroxylation sites is 1. The van der Waals surface area contributed by atoms with Crippen LogP contribution in [0.5, 0.6) is 5.75 Å². The summed E-state index contributed by atoms with van der Waals surface area (Å²) < 4.78 is 10.8. The van der Waals surface area contributed by atoms with E-state index in [-0.39, 0.29) is 5.63 Å². The topological polar surface area (TPSA) is 45.9 Å². The molecule has 5 nitrogen and oxygen atoms in total. The summed E-state index contributed by atoms with van der Waals surface area (Å²) in [7, 11) is 1.69. The van der Waals surface area contributed by atoms with Gasteiger partial charge in [-0.25, -0.2) is 4.79 Å². The van der Waals surface area contributed by atoms with Crippen LogP contribution in [0.15, 0.2) is 63.8 Å². The summed E-state index contributed by atoms with van der Waals surface area (Å²) in [6.45, 7) is 4.28. The lowest BCUT2D eigenvalue weighted by atomic mass is 10.1. The van der Waals surface area contributed by atoms with Crippen molar-refractivity contribution >= 4 is 16.7 Å². The van der Waals surface area contributed by atoms with Crippen molar-refractivity contribution in [3.63, 3.8) is 0 Å². The van der Waals surface area contributed by atoms with E-state index in [9.17, 15) is 4.79 Å². The third-order valence-electron chi connectivity index (χ3n) is 4.90. The Hall–Kier alpha value is -2.79. The third-order valence-corrected chi connectivity index (χ3v) is 4.90. The number of fused-ring (bicyclic) bond motifs is 1. The normalized spacial score (nSPS) is 15.3. The first-order valence-corrected chi connectivity index (χ1v) is 8.86. The maximum atomic E-state index is 12.2. The van der Waals surface area contributed by atoms with Crippen molar-refractivity contribution in [2.24, 2.45) is 0 Å². The molecule has 0 saturated carbocycles. The Kier molecular flexibility index (Phi) is 4.63. The molecule has 2 heterocycles. The zero-order valence-corrected chi connectivity index (χ0v) is 14.9. The summed E-state index contributed by atoms with van der Waals surface area (Å²) in [6.07, 6.45) is 0. The predicted octanol–water partition coefficient (Wildman–Crippen LogP) is 3.12. The van der Waals surface area contributed by atoms with E-state index < -0.39 is 0 Å². The third kappa shape index (κ3) is 3.44. The molecule has 1 aliphatic heterocycles. The second-order valence-corrected chi connectivity index (χ2v) is 6.56. The zero-order chi connectivity index (χ0) is 17.9. The van der Waals surface area contributed by atoms with Gasteiger partial charge in [-0.3, -0.25) is 4.90 Å². The van der Waals surface area contributed by atoms with Gasteiger partial charge < -0.3 is 14.1 Å². The van der Waals surface area contributed by atoms with E-state index in [1.54, 1.807) is 7.11 Å². The molecule has 0 bridgehead atoms. The van der Waals surface area contributed by atoms with Gasteiger partial charge in [0.25, 0.3) is 0 Å². The molecule has 2 aromatic carbocycles. The molecule has 0 amide bonds. The highest BCUT2D eigenvalue weighted by molar-refractivity contribution is 5.76. The molecule has 0 radical (unpaired) electrons. The first-order chi connectivity index (χ1) is 12.7. The number of piperazine rings is 1. The van der Waals surface area contributed by atoms with Gasteiger partial charge in [-0.15, -0.1) is 0 Å². The van der Waals surface area contributed by atoms with E-state index in [4.69, 9.17) is 9.15 Å². The van der Waals surface area contributed by atoms with Gasteiger partial charge in [-0.1, -0.05) is 24.3 Å². The average molecular weight is 350 g/mol. The van der Waals surface area contributed by atoms with Gasteiger partial charge in [0.1, 0.15) is 11.3 Å². The van der Waals surface area contributed by atoms with Crippen LogP contribution in [0, 0.1) is 0 Å². The molecule has 1 aliphatic rings. The number of anilines is 1. The first-order valence-electron chi connectivity index (χ1n) is 8.86. The molecule has 0 aliphatic carbocycles. The van der Waals surface area contributed by atoms with Crippen LogP contribution in [0.2, 0.25) is 0 Å². The first kappa shape index (κ1) is 16.7. The van der Waals surface area contributed by atoms with Crippen LogP contribution in [0.4, 0.5) is 5.69 Å². The lowest BCUT2D eigenvalue weighted by Crippen LogP contribution is -2.46. The SMILES string of the molecule is COc1cccc(N2CCN(Cc3cc4ccccc4oc3=O)CC2)c1. The Morgan fingerprint density at radius 3 is 2.62 bits per heavy atom. The largest absolute Gasteiger partial charge is 0.497 e. The highest BCUT2D eigenvalue weighted by atomic mass is 16.5. The van der Waals surface area contributed by atoms with E-state index in [0.717, 1.165) is 42.9 Å². The molecule has 5 heteroatoms. The summed E-state index contributed by atoms with van der Waals surface area (Å²) in [5.41, 5.74) is 2.30. The molecular weight excluding hydrogens is 328 g/mol. The van der Waals surface area contributed by atoms with Crippen LogP contribution in [0.25, 0.3) is 11.0 Å². The zero-order valence-electron chi connectivity index (χ0n) is 14.9. The quantitative estimate of drug-likeness (QED) is 0.677. The Balaban J connectivity index is 1.44. The number of hydrogen-bond acceptors (Lipinski definition) is 5. The molecule has 3 aromatic rings. The Bertz CT molecular complexity index is 959. The molecule has 0 unspecified atom stereocenters. The van der Waals surface area contributed by atoms with Gasteiger partial charge >= 0.3 is 5.63 Å². The molecule has 0 N–H and O–H groups in total. The molecule has 1 fully saturated rings. The van der Waals surface area contributed by atoms with Crippen LogP contribution < -0.4 is 15.3 Å². The van der Waals surface area contributed by atoms with E-state index in [1.165, 1.54) is 5.69 Å². The van der Waals surface area contributed by atoms with Crippen LogP contribution in [0.3, 0.4) is 0 Å². The van der Waals surface area contributed by atoms with Crippen molar-refractivity contribution in [3.8, 4) is 5.75 Å². The summed E-state index contributed by atoms with van der Waals surface area (Å²) >= 11 is 0. The number of rotatable bonds is 4. The minimum Gasteiger partial charge on any atom is -0.497 e. The fourth-order valence-corrected chi connectivity index (χ4v) is 3.43. The highest BCUT2D eigenvalue weighted by Gasteiger charge is 2.19. The smallest absolute Gasteiger partial charge is 0.340 e. The Labute approximate surface area is 152 Å². The Morgan fingerprint density at radius 2 is 1.81 bits per heavy atom. The molecule has 0 atom stereocenters. The van der Waals surface area contributed by atoms with Crippen molar-refractivity contribution in [1.29, 1.82) is 0 Å². The molecule has 134 valence electrons. The summed E-state index contributed by atoms with van der Waals surface area (Å²) in [6, 6.07) is 17.7. The standard InChI is InChI=1S/C21H22N2O3/c1-25-19-7-4-6-18(14-19)23-11-9-22(10-12-23)15-17-13-16-5-2-3-8-20(16)26-21(17)24/h2-8,13-14H,9-12,15H2,1H3. The summed E-state index contributed by atoms with van der Waals surface area (Å²) in [5, 5.41) is 0.970. The van der Waals surface area contributed by atoms with Gasteiger partial charge in [-0.05, 0) is 24.3 Å². The fourth-order valence-electron chi connectivity index (χ4n) is 3.43. The van der Waals surface area contributed by atoms with Crippen molar-refractivity contribution in [2.45, 2.75) is 6.54 Å². The van der Waals surface area contributed by atoms with Crippen molar-refractivity contribution in [1.82, 2.24) is 4.90 Å². The molecular formula is C21H22N2O3. The number of methoxy groups -OCH3 is 1. The monoisotopic (exact) mass is 350 g/mol. The second-order valence-electron chi connectivity index (χ2n) is 6.56. The Morgan fingerprint density at radius 1 is 1.00 bits per heavy atom. The maximum absolute atomic E-state index is 12.2. The second kappa shape index (κ2) is 7.22. The van der Waals surface area contributed by atoms with Crippen molar-refractivity contribution < 1.29 is 9.15 Å². The van der Waals surface area contributed by atoms with E-state index in [2.05, 4.69) is 21.9 Å². The average Bonchev–Trinajstić information content (AvgIpc) is 2.69. The molecule has 1 saturated heterocycles.